The van der Waals surface area contributed by atoms with Gasteiger partial charge in [-0.2, -0.15) is 0 Å². The monoisotopic (exact) mass is 285 g/mol. The smallest absolute Gasteiger partial charge is 0.354 e. The number of hydrogen-bond donors (Lipinski definition) is 4. The lowest BCUT2D eigenvalue weighted by molar-refractivity contribution is 0.0307. The van der Waals surface area contributed by atoms with E-state index in [2.05, 4.69) is 15.6 Å². The number of amides is 2. The predicted molar refractivity (Wildman–Crippen MR) is 72.2 cm³/mol. The third kappa shape index (κ3) is 4.56. The maximum absolute atomic E-state index is 11.7. The van der Waals surface area contributed by atoms with E-state index in [1.165, 1.54) is 14.2 Å². The number of aryl methyl sites for hydroxylation is 1. The highest BCUT2D eigenvalue weighted by molar-refractivity contribution is 5.99. The summed E-state index contributed by atoms with van der Waals surface area (Å²) in [5.74, 6) is -1.14. The molecule has 0 aliphatic carbocycles. The summed E-state index contributed by atoms with van der Waals surface area (Å²) in [6.07, 6.45) is -0.266. The number of aromatic carboxylic acids is 1. The zero-order valence-corrected chi connectivity index (χ0v) is 11.6. The summed E-state index contributed by atoms with van der Waals surface area (Å²) in [5, 5.41) is 14.0. The Balaban J connectivity index is 2.56. The minimum Gasteiger partial charge on any atom is -0.477 e. The second kappa shape index (κ2) is 7.51. The summed E-state index contributed by atoms with van der Waals surface area (Å²) in [6, 6.07) is 1.04. The van der Waals surface area contributed by atoms with Gasteiger partial charge in [0.1, 0.15) is 5.69 Å². The molecular formula is C12H19N3O5. The summed E-state index contributed by atoms with van der Waals surface area (Å²) in [5.41, 5.74) is 0.804. The van der Waals surface area contributed by atoms with E-state index in [1.54, 1.807) is 13.0 Å². The van der Waals surface area contributed by atoms with Gasteiger partial charge in [-0.1, -0.05) is 0 Å². The lowest BCUT2D eigenvalue weighted by atomic mass is 10.3. The predicted octanol–water partition coefficient (Wildman–Crippen LogP) is 0.804. The molecule has 1 atom stereocenters. The van der Waals surface area contributed by atoms with Crippen LogP contribution in [-0.4, -0.2) is 55.6 Å². The van der Waals surface area contributed by atoms with Crippen molar-refractivity contribution < 1.29 is 24.2 Å². The average Bonchev–Trinajstić information content (AvgIpc) is 2.75. The number of urea groups is 1. The molecule has 0 saturated carbocycles. The van der Waals surface area contributed by atoms with Crippen LogP contribution < -0.4 is 10.6 Å². The molecule has 0 aromatic carbocycles. The van der Waals surface area contributed by atoms with Crippen molar-refractivity contribution in [3.05, 3.63) is 17.5 Å². The molecular weight excluding hydrogens is 266 g/mol. The molecule has 112 valence electrons. The fourth-order valence-corrected chi connectivity index (χ4v) is 1.63. The van der Waals surface area contributed by atoms with Crippen molar-refractivity contribution in [3.8, 4) is 0 Å². The van der Waals surface area contributed by atoms with Gasteiger partial charge in [-0.3, -0.25) is 0 Å². The molecule has 0 fully saturated rings. The first-order valence-electron chi connectivity index (χ1n) is 5.97. The van der Waals surface area contributed by atoms with Crippen LogP contribution in [0.4, 0.5) is 10.5 Å². The number of aromatic nitrogens is 1. The molecule has 0 spiro atoms. The van der Waals surface area contributed by atoms with Gasteiger partial charge in [0.05, 0.1) is 18.4 Å². The maximum Gasteiger partial charge on any atom is 0.354 e. The Kier molecular flexibility index (Phi) is 6.01. The van der Waals surface area contributed by atoms with Crippen LogP contribution in [0.5, 0.6) is 0 Å². The number of rotatable bonds is 7. The number of anilines is 1. The number of carbonyl (C=O) groups is 2. The van der Waals surface area contributed by atoms with E-state index in [0.29, 0.717) is 12.3 Å². The van der Waals surface area contributed by atoms with Crippen LogP contribution in [0.25, 0.3) is 0 Å². The number of methoxy groups -OCH3 is 2. The molecule has 4 N–H and O–H groups in total. The molecule has 1 aromatic heterocycles. The number of hydrogen-bond acceptors (Lipinski definition) is 4. The first-order chi connectivity index (χ1) is 9.47. The van der Waals surface area contributed by atoms with E-state index in [9.17, 15) is 9.59 Å². The maximum atomic E-state index is 11.7. The third-order valence-electron chi connectivity index (χ3n) is 2.59. The highest BCUT2D eigenvalue weighted by Gasteiger charge is 2.16. The van der Waals surface area contributed by atoms with Crippen molar-refractivity contribution in [1.29, 1.82) is 0 Å². The van der Waals surface area contributed by atoms with E-state index in [-0.39, 0.29) is 24.0 Å². The molecule has 1 unspecified atom stereocenters. The number of carbonyl (C=O) groups excluding carboxylic acids is 1. The molecule has 0 bridgehead atoms. The summed E-state index contributed by atoms with van der Waals surface area (Å²) < 4.78 is 10.0. The molecule has 2 amide bonds. The van der Waals surface area contributed by atoms with Gasteiger partial charge in [-0.05, 0) is 13.0 Å². The summed E-state index contributed by atoms with van der Waals surface area (Å²) in [7, 11) is 3.05. The molecule has 1 heterocycles. The Morgan fingerprint density at radius 1 is 1.45 bits per heavy atom. The van der Waals surface area contributed by atoms with E-state index in [1.807, 2.05) is 0 Å². The van der Waals surface area contributed by atoms with E-state index in [0.717, 1.165) is 0 Å². The first kappa shape index (κ1) is 16.0. The van der Waals surface area contributed by atoms with Gasteiger partial charge in [0.15, 0.2) is 0 Å². The van der Waals surface area contributed by atoms with Gasteiger partial charge in [-0.15, -0.1) is 0 Å². The molecule has 0 aliphatic heterocycles. The largest absolute Gasteiger partial charge is 0.477 e. The van der Waals surface area contributed by atoms with Crippen molar-refractivity contribution in [2.75, 3.05) is 32.7 Å². The van der Waals surface area contributed by atoms with Crippen LogP contribution in [0.2, 0.25) is 0 Å². The molecule has 0 saturated heterocycles. The number of carboxylic acids is 1. The zero-order valence-electron chi connectivity index (χ0n) is 11.6. The number of carboxylic acid groups (broad SMARTS) is 1. The highest BCUT2D eigenvalue weighted by Crippen LogP contribution is 2.16. The van der Waals surface area contributed by atoms with Crippen molar-refractivity contribution in [2.45, 2.75) is 13.0 Å². The van der Waals surface area contributed by atoms with Gasteiger partial charge in [0, 0.05) is 26.5 Å². The Bertz CT molecular complexity index is 472. The molecule has 0 radical (unpaired) electrons. The molecule has 20 heavy (non-hydrogen) atoms. The Labute approximate surface area is 116 Å². The Morgan fingerprint density at radius 3 is 2.70 bits per heavy atom. The first-order valence-corrected chi connectivity index (χ1v) is 5.97. The standard InChI is InChI=1S/C12H19N3O5/c1-7-4-9(10(14-7)11(16)17)15-12(18)13-5-8(20-3)6-19-2/h4,8,14H,5-6H2,1-3H3,(H,16,17)(H2,13,15,18). The number of nitrogens with one attached hydrogen (secondary N) is 3. The summed E-state index contributed by atoms with van der Waals surface area (Å²) in [4.78, 5) is 25.3. The summed E-state index contributed by atoms with van der Waals surface area (Å²) in [6.45, 7) is 2.30. The van der Waals surface area contributed by atoms with Crippen LogP contribution in [0, 0.1) is 6.92 Å². The normalized spacial score (nSPS) is 11.9. The fraction of sp³-hybridized carbons (Fsp3) is 0.500. The van der Waals surface area contributed by atoms with Crippen molar-refractivity contribution >= 4 is 17.7 Å². The Hall–Kier alpha value is -2.06. The van der Waals surface area contributed by atoms with Crippen molar-refractivity contribution in [3.63, 3.8) is 0 Å². The fourth-order valence-electron chi connectivity index (χ4n) is 1.63. The molecule has 1 rings (SSSR count). The number of aromatic amines is 1. The van der Waals surface area contributed by atoms with Crippen LogP contribution in [0.1, 0.15) is 16.2 Å². The number of ether oxygens (including phenoxy) is 2. The zero-order chi connectivity index (χ0) is 15.1. The number of H-pyrrole nitrogens is 1. The second-order valence-electron chi connectivity index (χ2n) is 4.19. The van der Waals surface area contributed by atoms with Crippen LogP contribution in [0.3, 0.4) is 0 Å². The van der Waals surface area contributed by atoms with Crippen LogP contribution in [0.15, 0.2) is 6.07 Å². The topological polar surface area (TPSA) is 113 Å². The van der Waals surface area contributed by atoms with Gasteiger partial charge in [0.2, 0.25) is 0 Å². The minimum absolute atomic E-state index is 0.0576. The molecule has 0 aliphatic rings. The van der Waals surface area contributed by atoms with Crippen molar-refractivity contribution in [1.82, 2.24) is 10.3 Å². The SMILES string of the molecule is COCC(CNC(=O)Nc1cc(C)[nH]c1C(=O)O)OC. The van der Waals surface area contributed by atoms with Gasteiger partial charge in [0.25, 0.3) is 0 Å². The lowest BCUT2D eigenvalue weighted by Crippen LogP contribution is -2.38. The van der Waals surface area contributed by atoms with Gasteiger partial charge in [-0.25, -0.2) is 9.59 Å². The molecule has 8 nitrogen and oxygen atoms in total. The third-order valence-corrected chi connectivity index (χ3v) is 2.59. The van der Waals surface area contributed by atoms with Crippen LogP contribution >= 0.6 is 0 Å². The quantitative estimate of drug-likeness (QED) is 0.592. The lowest BCUT2D eigenvalue weighted by Gasteiger charge is -2.15. The van der Waals surface area contributed by atoms with E-state index in [4.69, 9.17) is 14.6 Å². The molecule has 8 heteroatoms. The van der Waals surface area contributed by atoms with Crippen molar-refractivity contribution in [2.24, 2.45) is 0 Å². The second-order valence-corrected chi connectivity index (χ2v) is 4.19. The minimum atomic E-state index is -1.14. The molecule has 1 aromatic rings. The average molecular weight is 285 g/mol. The van der Waals surface area contributed by atoms with E-state index < -0.39 is 12.0 Å². The van der Waals surface area contributed by atoms with Crippen LogP contribution in [-0.2, 0) is 9.47 Å². The summed E-state index contributed by atoms with van der Waals surface area (Å²) >= 11 is 0. The van der Waals surface area contributed by atoms with Gasteiger partial charge >= 0.3 is 12.0 Å². The van der Waals surface area contributed by atoms with Gasteiger partial charge < -0.3 is 30.2 Å². The van der Waals surface area contributed by atoms with E-state index >= 15 is 0 Å². The highest BCUT2D eigenvalue weighted by atomic mass is 16.5. The Morgan fingerprint density at radius 2 is 2.15 bits per heavy atom.